The number of aryl methyl sites for hydroxylation is 1. The van der Waals surface area contributed by atoms with Gasteiger partial charge in [0.2, 0.25) is 0 Å². The normalized spacial score (nSPS) is 10.9. The van der Waals surface area contributed by atoms with Crippen LogP contribution in [0.25, 0.3) is 16.7 Å². The van der Waals surface area contributed by atoms with Gasteiger partial charge in [0.15, 0.2) is 0 Å². The molecule has 0 spiro atoms. The molecule has 0 fully saturated rings. The Bertz CT molecular complexity index is 743. The van der Waals surface area contributed by atoms with Crippen LogP contribution in [0.3, 0.4) is 0 Å². The molecule has 84 valence electrons. The molecule has 0 aromatic carbocycles. The molecule has 0 amide bonds. The van der Waals surface area contributed by atoms with Crippen molar-refractivity contribution in [3.8, 4) is 5.69 Å². The summed E-state index contributed by atoms with van der Waals surface area (Å²) >= 11 is 0. The van der Waals surface area contributed by atoms with Gasteiger partial charge < -0.3 is 4.98 Å². The van der Waals surface area contributed by atoms with Crippen molar-refractivity contribution < 1.29 is 0 Å². The number of nitrogens with zero attached hydrogens (tertiary/aromatic N) is 4. The Labute approximate surface area is 96.0 Å². The van der Waals surface area contributed by atoms with E-state index < -0.39 is 0 Å². The molecule has 0 saturated heterocycles. The second-order valence-electron chi connectivity index (χ2n) is 3.63. The first-order chi connectivity index (χ1) is 8.27. The van der Waals surface area contributed by atoms with Crippen molar-refractivity contribution in [3.63, 3.8) is 0 Å². The number of hydrogen-bond acceptors (Lipinski definition) is 4. The molecule has 0 aliphatic carbocycles. The van der Waals surface area contributed by atoms with Crippen molar-refractivity contribution >= 4 is 11.0 Å². The third-order valence-electron chi connectivity index (χ3n) is 2.59. The molecule has 3 aromatic rings. The van der Waals surface area contributed by atoms with Gasteiger partial charge in [0.25, 0.3) is 5.56 Å². The Morgan fingerprint density at radius 2 is 2.24 bits per heavy atom. The van der Waals surface area contributed by atoms with Gasteiger partial charge >= 0.3 is 0 Å². The van der Waals surface area contributed by atoms with Crippen molar-refractivity contribution in [3.05, 3.63) is 46.9 Å². The van der Waals surface area contributed by atoms with E-state index in [9.17, 15) is 4.79 Å². The molecule has 6 heteroatoms. The van der Waals surface area contributed by atoms with Crippen LogP contribution < -0.4 is 5.56 Å². The fraction of sp³-hybridized carbons (Fsp3) is 0.0909. The number of rotatable bonds is 1. The summed E-state index contributed by atoms with van der Waals surface area (Å²) in [5.41, 5.74) is 2.02. The lowest BCUT2D eigenvalue weighted by atomic mass is 10.3. The van der Waals surface area contributed by atoms with Crippen LogP contribution in [0.2, 0.25) is 0 Å². The van der Waals surface area contributed by atoms with Crippen molar-refractivity contribution in [2.45, 2.75) is 6.92 Å². The van der Waals surface area contributed by atoms with Crippen molar-refractivity contribution in [1.82, 2.24) is 24.7 Å². The zero-order valence-electron chi connectivity index (χ0n) is 9.08. The van der Waals surface area contributed by atoms with E-state index in [0.717, 1.165) is 11.4 Å². The van der Waals surface area contributed by atoms with Crippen LogP contribution in [-0.4, -0.2) is 24.7 Å². The summed E-state index contributed by atoms with van der Waals surface area (Å²) in [5, 5.41) is 4.66. The topological polar surface area (TPSA) is 76.5 Å². The van der Waals surface area contributed by atoms with Gasteiger partial charge in [0.05, 0.1) is 23.9 Å². The number of nitrogens with one attached hydrogen (secondary N) is 1. The van der Waals surface area contributed by atoms with Crippen LogP contribution in [0.4, 0.5) is 0 Å². The Kier molecular flexibility index (Phi) is 2.01. The van der Waals surface area contributed by atoms with E-state index in [0.29, 0.717) is 11.0 Å². The summed E-state index contributed by atoms with van der Waals surface area (Å²) in [6, 6.07) is 3.72. The molecule has 17 heavy (non-hydrogen) atoms. The molecular weight excluding hydrogens is 218 g/mol. The lowest BCUT2D eigenvalue weighted by molar-refractivity contribution is 0.875. The van der Waals surface area contributed by atoms with Gasteiger partial charge in [-0.15, -0.1) is 0 Å². The minimum absolute atomic E-state index is 0.286. The summed E-state index contributed by atoms with van der Waals surface area (Å²) in [7, 11) is 0. The molecule has 1 N–H and O–H groups in total. The van der Waals surface area contributed by atoms with E-state index in [2.05, 4.69) is 20.1 Å². The second kappa shape index (κ2) is 3.51. The summed E-state index contributed by atoms with van der Waals surface area (Å²) in [6.45, 7) is 1.89. The van der Waals surface area contributed by atoms with E-state index >= 15 is 0 Å². The van der Waals surface area contributed by atoms with Gasteiger partial charge in [-0.1, -0.05) is 0 Å². The molecule has 0 aliphatic heterocycles. The van der Waals surface area contributed by atoms with Crippen LogP contribution in [0, 0.1) is 6.92 Å². The predicted molar refractivity (Wildman–Crippen MR) is 62.0 cm³/mol. The molecule has 0 bridgehead atoms. The molecule has 6 nitrogen and oxygen atoms in total. The van der Waals surface area contributed by atoms with Gasteiger partial charge in [-0.2, -0.15) is 10.1 Å². The first kappa shape index (κ1) is 9.71. The van der Waals surface area contributed by atoms with Crippen LogP contribution >= 0.6 is 0 Å². The van der Waals surface area contributed by atoms with E-state index in [1.54, 1.807) is 10.9 Å². The van der Waals surface area contributed by atoms with Gasteiger partial charge in [-0.05, 0) is 19.1 Å². The maximum absolute atomic E-state index is 11.5. The molecule has 3 rings (SSSR count). The summed E-state index contributed by atoms with van der Waals surface area (Å²) in [4.78, 5) is 22.3. The lowest BCUT2D eigenvalue weighted by Gasteiger charge is -2.05. The Morgan fingerprint density at radius 3 is 3.06 bits per heavy atom. The summed E-state index contributed by atoms with van der Waals surface area (Å²) < 4.78 is 1.65. The summed E-state index contributed by atoms with van der Waals surface area (Å²) in [6.07, 6.45) is 4.59. The minimum Gasteiger partial charge on any atom is -0.330 e. The number of H-pyrrole nitrogens is 1. The van der Waals surface area contributed by atoms with Crippen LogP contribution in [0.5, 0.6) is 0 Å². The Balaban J connectivity index is 2.36. The average molecular weight is 227 g/mol. The van der Waals surface area contributed by atoms with Crippen molar-refractivity contribution in [1.29, 1.82) is 0 Å². The highest BCUT2D eigenvalue weighted by atomic mass is 16.1. The number of pyridine rings is 1. The third kappa shape index (κ3) is 1.42. The first-order valence-corrected chi connectivity index (χ1v) is 5.11. The molecule has 0 atom stereocenters. The van der Waals surface area contributed by atoms with Gasteiger partial charge in [-0.3, -0.25) is 9.78 Å². The average Bonchev–Trinajstić information content (AvgIpc) is 2.75. The van der Waals surface area contributed by atoms with Crippen LogP contribution in [-0.2, 0) is 0 Å². The number of fused-ring (bicyclic) bond motifs is 1. The van der Waals surface area contributed by atoms with E-state index in [1.165, 1.54) is 12.5 Å². The number of aromatic amines is 1. The quantitative estimate of drug-likeness (QED) is 0.667. The zero-order valence-corrected chi connectivity index (χ0v) is 9.08. The fourth-order valence-electron chi connectivity index (χ4n) is 1.75. The zero-order chi connectivity index (χ0) is 11.8. The molecule has 0 saturated carbocycles. The SMILES string of the molecule is Cc1ncccc1-n1ncc2c(=O)nc[nH]c21. The maximum atomic E-state index is 11.5. The van der Waals surface area contributed by atoms with E-state index in [1.807, 2.05) is 19.1 Å². The number of hydrogen-bond donors (Lipinski definition) is 1. The van der Waals surface area contributed by atoms with E-state index in [-0.39, 0.29) is 5.56 Å². The van der Waals surface area contributed by atoms with Crippen LogP contribution in [0.15, 0.2) is 35.6 Å². The minimum atomic E-state index is -0.286. The first-order valence-electron chi connectivity index (χ1n) is 5.11. The van der Waals surface area contributed by atoms with E-state index in [4.69, 9.17) is 0 Å². The Hall–Kier alpha value is -2.50. The van der Waals surface area contributed by atoms with Crippen molar-refractivity contribution in [2.24, 2.45) is 0 Å². The largest absolute Gasteiger partial charge is 0.330 e. The standard InChI is InChI=1S/C11H9N5O/c1-7-9(3-2-4-12-7)16-10-8(5-15-16)11(17)14-6-13-10/h2-6H,1H3,(H,13,14,17). The van der Waals surface area contributed by atoms with Crippen molar-refractivity contribution in [2.75, 3.05) is 0 Å². The Morgan fingerprint density at radius 1 is 1.35 bits per heavy atom. The fourth-order valence-corrected chi connectivity index (χ4v) is 1.75. The monoisotopic (exact) mass is 227 g/mol. The molecule has 3 heterocycles. The molecule has 0 unspecified atom stereocenters. The smallest absolute Gasteiger partial charge is 0.283 e. The highest BCUT2D eigenvalue weighted by molar-refractivity contribution is 5.74. The maximum Gasteiger partial charge on any atom is 0.283 e. The summed E-state index contributed by atoms with van der Waals surface area (Å²) in [5.74, 6) is 0. The highest BCUT2D eigenvalue weighted by Crippen LogP contribution is 2.14. The molecule has 0 aliphatic rings. The highest BCUT2D eigenvalue weighted by Gasteiger charge is 2.09. The molecule has 3 aromatic heterocycles. The molecular formula is C11H9N5O. The van der Waals surface area contributed by atoms with Gasteiger partial charge in [0.1, 0.15) is 11.0 Å². The lowest BCUT2D eigenvalue weighted by Crippen LogP contribution is -2.07. The number of aromatic nitrogens is 5. The van der Waals surface area contributed by atoms with Gasteiger partial charge in [0, 0.05) is 6.20 Å². The predicted octanol–water partition coefficient (Wildman–Crippen LogP) is 0.812. The molecule has 0 radical (unpaired) electrons. The van der Waals surface area contributed by atoms with Gasteiger partial charge in [-0.25, -0.2) is 4.68 Å². The second-order valence-corrected chi connectivity index (χ2v) is 3.63. The van der Waals surface area contributed by atoms with Crippen LogP contribution in [0.1, 0.15) is 5.69 Å². The third-order valence-corrected chi connectivity index (χ3v) is 2.59.